The molecular weight excluding hydrogens is 483 g/mol. The fourth-order valence-corrected chi connectivity index (χ4v) is 4.93. The van der Waals surface area contributed by atoms with Crippen molar-refractivity contribution < 1.29 is 14.3 Å². The van der Waals surface area contributed by atoms with Gasteiger partial charge in [-0.1, -0.05) is 48.5 Å². The Bertz CT molecular complexity index is 1080. The van der Waals surface area contributed by atoms with Crippen LogP contribution in [-0.4, -0.2) is 52.4 Å². The predicted octanol–water partition coefficient (Wildman–Crippen LogP) is 6.27. The molecular formula is C30H47FN4O3. The number of likely N-dealkylation sites (tertiary alicyclic amines) is 1. The molecule has 2 heterocycles. The van der Waals surface area contributed by atoms with Crippen LogP contribution in [0.3, 0.4) is 0 Å². The Balaban J connectivity index is 0.00000112. The number of pyridine rings is 1. The van der Waals surface area contributed by atoms with Crippen LogP contribution in [0.2, 0.25) is 0 Å². The van der Waals surface area contributed by atoms with E-state index in [4.69, 9.17) is 5.26 Å². The van der Waals surface area contributed by atoms with E-state index < -0.39 is 17.6 Å². The second-order valence-electron chi connectivity index (χ2n) is 8.89. The molecule has 2 fully saturated rings. The smallest absolute Gasteiger partial charge is 0.341 e. The molecule has 38 heavy (non-hydrogen) atoms. The van der Waals surface area contributed by atoms with Crippen LogP contribution in [0.4, 0.5) is 4.39 Å². The van der Waals surface area contributed by atoms with Crippen molar-refractivity contribution in [3.8, 4) is 6.07 Å². The van der Waals surface area contributed by atoms with E-state index in [9.17, 15) is 14.7 Å². The Morgan fingerprint density at radius 2 is 1.82 bits per heavy atom. The van der Waals surface area contributed by atoms with Gasteiger partial charge in [-0.2, -0.15) is 5.26 Å². The van der Waals surface area contributed by atoms with Gasteiger partial charge in [0.2, 0.25) is 5.43 Å². The fourth-order valence-electron chi connectivity index (χ4n) is 4.93. The Morgan fingerprint density at radius 1 is 1.21 bits per heavy atom. The van der Waals surface area contributed by atoms with E-state index >= 15 is 4.39 Å². The Kier molecular flexibility index (Phi) is 14.1. The van der Waals surface area contributed by atoms with Crippen LogP contribution in [0.5, 0.6) is 0 Å². The van der Waals surface area contributed by atoms with Crippen molar-refractivity contribution in [2.75, 3.05) is 19.6 Å². The van der Waals surface area contributed by atoms with E-state index in [1.54, 1.807) is 0 Å². The molecule has 4 rings (SSSR count). The summed E-state index contributed by atoms with van der Waals surface area (Å²) in [7, 11) is 0. The molecule has 0 radical (unpaired) electrons. The lowest BCUT2D eigenvalue weighted by Gasteiger charge is -2.47. The monoisotopic (exact) mass is 530 g/mol. The minimum atomic E-state index is -1.37. The molecule has 7 nitrogen and oxygen atoms in total. The van der Waals surface area contributed by atoms with Crippen molar-refractivity contribution in [3.05, 3.63) is 45.0 Å². The first-order valence-corrected chi connectivity index (χ1v) is 14.3. The third-order valence-electron chi connectivity index (χ3n) is 6.78. The van der Waals surface area contributed by atoms with Gasteiger partial charge in [-0.3, -0.25) is 4.79 Å². The SMILES string of the molecule is CC.CC.CC.CCC(NCCC#N)C1CN(C2=C(C)c3c(c(=O)c(C(=O)O)cn3C3CC3)C=CC2F)C1. The minimum absolute atomic E-state index is 0.140. The Hall–Kier alpha value is -2.92. The molecule has 2 unspecified atom stereocenters. The lowest BCUT2D eigenvalue weighted by Crippen LogP contribution is -2.56. The van der Waals surface area contributed by atoms with Gasteiger partial charge < -0.3 is 19.9 Å². The van der Waals surface area contributed by atoms with Gasteiger partial charge in [-0.05, 0) is 43.9 Å². The van der Waals surface area contributed by atoms with E-state index in [2.05, 4.69) is 18.3 Å². The quantitative estimate of drug-likeness (QED) is 0.385. The van der Waals surface area contributed by atoms with Gasteiger partial charge in [0.25, 0.3) is 0 Å². The van der Waals surface area contributed by atoms with Crippen LogP contribution in [0.15, 0.2) is 22.8 Å². The van der Waals surface area contributed by atoms with Gasteiger partial charge in [0.05, 0.1) is 17.5 Å². The second kappa shape index (κ2) is 16.1. The second-order valence-corrected chi connectivity index (χ2v) is 8.89. The molecule has 212 valence electrons. The number of nitriles is 1. The summed E-state index contributed by atoms with van der Waals surface area (Å²) in [4.78, 5) is 26.5. The number of carbonyl (C=O) groups is 1. The Morgan fingerprint density at radius 3 is 2.32 bits per heavy atom. The number of fused-ring (bicyclic) bond motifs is 1. The minimum Gasteiger partial charge on any atom is -0.477 e. The zero-order valence-corrected chi connectivity index (χ0v) is 24.5. The predicted molar refractivity (Wildman–Crippen MR) is 154 cm³/mol. The highest BCUT2D eigenvalue weighted by molar-refractivity contribution is 5.89. The van der Waals surface area contributed by atoms with E-state index in [1.165, 1.54) is 18.3 Å². The summed E-state index contributed by atoms with van der Waals surface area (Å²) in [5, 5.41) is 21.7. The maximum absolute atomic E-state index is 15.3. The molecule has 3 aliphatic rings. The first kappa shape index (κ1) is 33.1. The third kappa shape index (κ3) is 7.35. The maximum Gasteiger partial charge on any atom is 0.341 e. The number of nitrogens with one attached hydrogen (secondary N) is 1. The number of aromatic nitrogens is 1. The van der Waals surface area contributed by atoms with E-state index in [0.29, 0.717) is 48.9 Å². The number of rotatable bonds is 8. The standard InChI is InChI=1S/C24H29FN4O3.3C2H6/c1-3-20(27-10-4-9-26)15-11-28(12-15)22-14(2)21-17(7-8-19(22)25)23(30)18(24(31)32)13-29(21)16-5-6-16;3*1-2/h7-8,13,15-16,19-20,27H,3-6,10-12H2,1-2H3,(H,31,32);3*1-2H3. The van der Waals surface area contributed by atoms with Crippen molar-refractivity contribution in [1.29, 1.82) is 5.26 Å². The van der Waals surface area contributed by atoms with Crippen molar-refractivity contribution in [3.63, 3.8) is 0 Å². The molecule has 1 saturated heterocycles. The van der Waals surface area contributed by atoms with Gasteiger partial charge in [0.1, 0.15) is 5.56 Å². The van der Waals surface area contributed by atoms with Crippen LogP contribution < -0.4 is 10.7 Å². The molecule has 0 spiro atoms. The molecule has 2 N–H and O–H groups in total. The summed E-state index contributed by atoms with van der Waals surface area (Å²) in [6.07, 6.45) is 6.11. The number of allylic oxidation sites excluding steroid dienone is 2. The third-order valence-corrected chi connectivity index (χ3v) is 6.78. The first-order valence-electron chi connectivity index (χ1n) is 14.3. The number of alkyl halides is 1. The summed E-state index contributed by atoms with van der Waals surface area (Å²) in [6, 6.07) is 2.56. The maximum atomic E-state index is 15.3. The van der Waals surface area contributed by atoms with E-state index in [0.717, 1.165) is 19.3 Å². The van der Waals surface area contributed by atoms with Crippen LogP contribution in [0, 0.1) is 17.2 Å². The summed E-state index contributed by atoms with van der Waals surface area (Å²) in [5.74, 6) is -0.901. The van der Waals surface area contributed by atoms with Crippen molar-refractivity contribution in [2.24, 2.45) is 5.92 Å². The molecule has 2 aliphatic carbocycles. The van der Waals surface area contributed by atoms with Crippen LogP contribution in [0.25, 0.3) is 11.6 Å². The molecule has 0 aromatic carbocycles. The zero-order chi connectivity index (χ0) is 29.0. The largest absolute Gasteiger partial charge is 0.477 e. The number of hydrogen-bond donors (Lipinski definition) is 2. The topological polar surface area (TPSA) is 98.4 Å². The van der Waals surface area contributed by atoms with Gasteiger partial charge in [0.15, 0.2) is 6.17 Å². The summed E-state index contributed by atoms with van der Waals surface area (Å²) < 4.78 is 17.2. The molecule has 1 aliphatic heterocycles. The van der Waals surface area contributed by atoms with E-state index in [1.807, 2.05) is 57.9 Å². The molecule has 8 heteroatoms. The van der Waals surface area contributed by atoms with Gasteiger partial charge in [-0.15, -0.1) is 0 Å². The number of hydrogen-bond acceptors (Lipinski definition) is 5. The normalized spacial score (nSPS) is 18.6. The average molecular weight is 531 g/mol. The lowest BCUT2D eigenvalue weighted by molar-refractivity contribution is 0.0694. The molecule has 1 aromatic heterocycles. The van der Waals surface area contributed by atoms with E-state index in [-0.39, 0.29) is 23.2 Å². The number of nitrogens with zero attached hydrogens (tertiary/aromatic N) is 3. The number of carboxylic acids is 1. The fraction of sp³-hybridized carbons (Fsp3) is 0.633. The number of aromatic carboxylic acids is 1. The van der Waals surface area contributed by atoms with Crippen LogP contribution in [-0.2, 0) is 0 Å². The first-order chi connectivity index (χ1) is 18.4. The summed E-state index contributed by atoms with van der Waals surface area (Å²) in [5.41, 5.74) is 1.31. The molecule has 0 amide bonds. The van der Waals surface area contributed by atoms with Crippen molar-refractivity contribution in [2.45, 2.75) is 99.3 Å². The number of carboxylic acid groups (broad SMARTS) is 1. The highest BCUT2D eigenvalue weighted by Crippen LogP contribution is 2.41. The Labute approximate surface area is 228 Å². The van der Waals surface area contributed by atoms with Crippen LogP contribution >= 0.6 is 0 Å². The van der Waals surface area contributed by atoms with Crippen molar-refractivity contribution in [1.82, 2.24) is 14.8 Å². The highest BCUT2D eigenvalue weighted by Gasteiger charge is 2.38. The van der Waals surface area contributed by atoms with Crippen molar-refractivity contribution >= 4 is 17.6 Å². The van der Waals surface area contributed by atoms with Crippen LogP contribution in [0.1, 0.15) is 109 Å². The van der Waals surface area contributed by atoms with Gasteiger partial charge >= 0.3 is 5.97 Å². The molecule has 0 bridgehead atoms. The zero-order valence-electron chi connectivity index (χ0n) is 24.5. The van der Waals surface area contributed by atoms with Gasteiger partial charge in [0, 0.05) is 55.8 Å². The highest BCUT2D eigenvalue weighted by atomic mass is 19.1. The molecule has 1 aromatic rings. The van der Waals surface area contributed by atoms with Gasteiger partial charge in [-0.25, -0.2) is 9.18 Å². The molecule has 2 atom stereocenters. The lowest BCUT2D eigenvalue weighted by atomic mass is 9.88. The average Bonchev–Trinajstić information content (AvgIpc) is 3.77. The summed E-state index contributed by atoms with van der Waals surface area (Å²) >= 11 is 0. The molecule has 1 saturated carbocycles. The number of halogens is 1. The summed E-state index contributed by atoms with van der Waals surface area (Å²) in [6.45, 7) is 18.0.